The standard InChI is InChI=1S/C13H16N6S/c1-14-13-17-11(10-4-6-20-12(10)18-13)15-5-3-9-7-16-19(2)8-9/h4,6-8H,3,5H2,1-2H3,(H2,14,15,17,18). The first kappa shape index (κ1) is 12.9. The van der Waals surface area contributed by atoms with Crippen molar-refractivity contribution in [2.75, 3.05) is 24.2 Å². The third-order valence-electron chi connectivity index (χ3n) is 3.01. The predicted molar refractivity (Wildman–Crippen MR) is 82.4 cm³/mol. The highest BCUT2D eigenvalue weighted by atomic mass is 32.1. The molecular formula is C13H16N6S. The van der Waals surface area contributed by atoms with Gasteiger partial charge in [0.15, 0.2) is 0 Å². The van der Waals surface area contributed by atoms with Crippen molar-refractivity contribution in [3.8, 4) is 0 Å². The number of aryl methyl sites for hydroxylation is 1. The zero-order valence-corrected chi connectivity index (χ0v) is 12.2. The second-order valence-corrected chi connectivity index (χ2v) is 5.38. The molecule has 0 atom stereocenters. The van der Waals surface area contributed by atoms with E-state index < -0.39 is 0 Å². The van der Waals surface area contributed by atoms with Gasteiger partial charge in [-0.2, -0.15) is 10.1 Å². The molecule has 3 aromatic heterocycles. The van der Waals surface area contributed by atoms with Gasteiger partial charge in [0.25, 0.3) is 0 Å². The van der Waals surface area contributed by atoms with Crippen LogP contribution >= 0.6 is 11.3 Å². The SMILES string of the molecule is CNc1nc(NCCc2cnn(C)c2)c2ccsc2n1. The number of anilines is 2. The van der Waals surface area contributed by atoms with Crippen LogP contribution in [0.1, 0.15) is 5.56 Å². The fourth-order valence-corrected chi connectivity index (χ4v) is 2.79. The van der Waals surface area contributed by atoms with Gasteiger partial charge in [-0.1, -0.05) is 0 Å². The van der Waals surface area contributed by atoms with Crippen LogP contribution in [0.15, 0.2) is 23.8 Å². The van der Waals surface area contributed by atoms with Gasteiger partial charge in [-0.15, -0.1) is 11.3 Å². The van der Waals surface area contributed by atoms with Crippen molar-refractivity contribution in [3.63, 3.8) is 0 Å². The Kier molecular flexibility index (Phi) is 3.51. The van der Waals surface area contributed by atoms with E-state index in [2.05, 4.69) is 25.7 Å². The topological polar surface area (TPSA) is 67.7 Å². The third kappa shape index (κ3) is 2.57. The summed E-state index contributed by atoms with van der Waals surface area (Å²) in [6, 6.07) is 2.05. The number of aromatic nitrogens is 4. The van der Waals surface area contributed by atoms with Gasteiger partial charge in [-0.3, -0.25) is 4.68 Å². The van der Waals surface area contributed by atoms with Crippen molar-refractivity contribution in [2.45, 2.75) is 6.42 Å². The van der Waals surface area contributed by atoms with Crippen LogP contribution < -0.4 is 10.6 Å². The van der Waals surface area contributed by atoms with Crippen LogP contribution in [-0.2, 0) is 13.5 Å². The molecule has 0 unspecified atom stereocenters. The smallest absolute Gasteiger partial charge is 0.225 e. The van der Waals surface area contributed by atoms with Crippen molar-refractivity contribution in [1.29, 1.82) is 0 Å². The van der Waals surface area contributed by atoms with E-state index in [1.807, 2.05) is 42.6 Å². The Balaban J connectivity index is 1.74. The summed E-state index contributed by atoms with van der Waals surface area (Å²) in [5.74, 6) is 1.52. The molecule has 0 bridgehead atoms. The number of nitrogens with one attached hydrogen (secondary N) is 2. The van der Waals surface area contributed by atoms with Gasteiger partial charge >= 0.3 is 0 Å². The van der Waals surface area contributed by atoms with Crippen molar-refractivity contribution < 1.29 is 0 Å². The van der Waals surface area contributed by atoms with E-state index in [1.165, 1.54) is 5.56 Å². The predicted octanol–water partition coefficient (Wildman–Crippen LogP) is 2.12. The lowest BCUT2D eigenvalue weighted by atomic mass is 10.2. The van der Waals surface area contributed by atoms with E-state index in [0.29, 0.717) is 5.95 Å². The molecule has 0 saturated carbocycles. The molecule has 3 heterocycles. The molecule has 0 fully saturated rings. The number of hydrogen-bond acceptors (Lipinski definition) is 6. The molecule has 7 heteroatoms. The minimum absolute atomic E-state index is 0.642. The summed E-state index contributed by atoms with van der Waals surface area (Å²) in [5.41, 5.74) is 1.21. The highest BCUT2D eigenvalue weighted by Gasteiger charge is 2.07. The van der Waals surface area contributed by atoms with E-state index in [1.54, 1.807) is 11.3 Å². The zero-order chi connectivity index (χ0) is 13.9. The lowest BCUT2D eigenvalue weighted by molar-refractivity contribution is 0.767. The first-order valence-electron chi connectivity index (χ1n) is 6.40. The summed E-state index contributed by atoms with van der Waals surface area (Å²) < 4.78 is 1.82. The molecule has 104 valence electrons. The molecule has 2 N–H and O–H groups in total. The quantitative estimate of drug-likeness (QED) is 0.752. The number of rotatable bonds is 5. The molecular weight excluding hydrogens is 272 g/mol. The fraction of sp³-hybridized carbons (Fsp3) is 0.308. The van der Waals surface area contributed by atoms with E-state index in [-0.39, 0.29) is 0 Å². The van der Waals surface area contributed by atoms with Crippen LogP contribution in [-0.4, -0.2) is 33.3 Å². The maximum atomic E-state index is 4.48. The molecule has 20 heavy (non-hydrogen) atoms. The zero-order valence-electron chi connectivity index (χ0n) is 11.4. The Bertz CT molecular complexity index is 717. The summed E-state index contributed by atoms with van der Waals surface area (Å²) >= 11 is 1.62. The molecule has 0 radical (unpaired) electrons. The minimum atomic E-state index is 0.642. The molecule has 0 aromatic carbocycles. The van der Waals surface area contributed by atoms with Gasteiger partial charge in [0.05, 0.1) is 11.6 Å². The first-order valence-corrected chi connectivity index (χ1v) is 7.28. The average molecular weight is 288 g/mol. The average Bonchev–Trinajstić information content (AvgIpc) is 3.07. The van der Waals surface area contributed by atoms with Gasteiger partial charge < -0.3 is 10.6 Å². The Morgan fingerprint density at radius 3 is 3.00 bits per heavy atom. The number of fused-ring (bicyclic) bond motifs is 1. The van der Waals surface area contributed by atoms with Crippen molar-refractivity contribution in [2.24, 2.45) is 7.05 Å². The third-order valence-corrected chi connectivity index (χ3v) is 3.82. The van der Waals surface area contributed by atoms with Gasteiger partial charge in [0, 0.05) is 26.8 Å². The minimum Gasteiger partial charge on any atom is -0.369 e. The second kappa shape index (κ2) is 5.46. The summed E-state index contributed by atoms with van der Waals surface area (Å²) in [6.07, 6.45) is 4.83. The van der Waals surface area contributed by atoms with Crippen molar-refractivity contribution >= 4 is 33.3 Å². The summed E-state index contributed by atoms with van der Waals surface area (Å²) in [7, 11) is 3.75. The number of hydrogen-bond donors (Lipinski definition) is 2. The largest absolute Gasteiger partial charge is 0.369 e. The first-order chi connectivity index (χ1) is 9.76. The van der Waals surface area contributed by atoms with Crippen LogP contribution in [0.25, 0.3) is 10.2 Å². The van der Waals surface area contributed by atoms with E-state index in [0.717, 1.165) is 29.0 Å². The molecule has 0 aliphatic heterocycles. The lowest BCUT2D eigenvalue weighted by Gasteiger charge is -2.07. The Labute approximate surface area is 120 Å². The van der Waals surface area contributed by atoms with Gasteiger partial charge in [-0.25, -0.2) is 4.98 Å². The Hall–Kier alpha value is -2.15. The summed E-state index contributed by atoms with van der Waals surface area (Å²) in [5, 5.41) is 13.6. The summed E-state index contributed by atoms with van der Waals surface area (Å²) in [4.78, 5) is 9.90. The fourth-order valence-electron chi connectivity index (χ4n) is 2.03. The summed E-state index contributed by atoms with van der Waals surface area (Å²) in [6.45, 7) is 0.816. The number of nitrogens with zero attached hydrogens (tertiary/aromatic N) is 4. The lowest BCUT2D eigenvalue weighted by Crippen LogP contribution is -2.08. The highest BCUT2D eigenvalue weighted by molar-refractivity contribution is 7.16. The number of thiophene rings is 1. The molecule has 6 nitrogen and oxygen atoms in total. The molecule has 0 amide bonds. The maximum Gasteiger partial charge on any atom is 0.225 e. The molecule has 0 aliphatic rings. The van der Waals surface area contributed by atoms with Crippen LogP contribution in [0.4, 0.5) is 11.8 Å². The Morgan fingerprint density at radius 2 is 2.25 bits per heavy atom. The van der Waals surface area contributed by atoms with E-state index >= 15 is 0 Å². The molecule has 0 spiro atoms. The van der Waals surface area contributed by atoms with E-state index in [9.17, 15) is 0 Å². The monoisotopic (exact) mass is 288 g/mol. The second-order valence-electron chi connectivity index (χ2n) is 4.48. The molecule has 0 saturated heterocycles. The Morgan fingerprint density at radius 1 is 1.35 bits per heavy atom. The van der Waals surface area contributed by atoms with Gasteiger partial charge in [0.1, 0.15) is 10.6 Å². The normalized spacial score (nSPS) is 10.9. The molecule has 3 aromatic rings. The molecule has 3 rings (SSSR count). The highest BCUT2D eigenvalue weighted by Crippen LogP contribution is 2.26. The van der Waals surface area contributed by atoms with Crippen molar-refractivity contribution in [1.82, 2.24) is 19.7 Å². The van der Waals surface area contributed by atoms with Crippen LogP contribution in [0.5, 0.6) is 0 Å². The maximum absolute atomic E-state index is 4.48. The van der Waals surface area contributed by atoms with Crippen LogP contribution in [0.3, 0.4) is 0 Å². The molecule has 0 aliphatic carbocycles. The van der Waals surface area contributed by atoms with E-state index in [4.69, 9.17) is 0 Å². The van der Waals surface area contributed by atoms with Crippen molar-refractivity contribution in [3.05, 3.63) is 29.4 Å². The van der Waals surface area contributed by atoms with Crippen LogP contribution in [0.2, 0.25) is 0 Å². The van der Waals surface area contributed by atoms with Gasteiger partial charge in [-0.05, 0) is 23.4 Å². The van der Waals surface area contributed by atoms with Gasteiger partial charge in [0.2, 0.25) is 5.95 Å². The van der Waals surface area contributed by atoms with Crippen LogP contribution in [0, 0.1) is 0 Å².